The Hall–Kier alpha value is -3.54. The van der Waals surface area contributed by atoms with Gasteiger partial charge in [-0.05, 0) is 49.2 Å². The van der Waals surface area contributed by atoms with Crippen LogP contribution in [0.3, 0.4) is 0 Å². The van der Waals surface area contributed by atoms with Crippen molar-refractivity contribution in [3.63, 3.8) is 0 Å². The normalized spacial score (nSPS) is 22.5. The van der Waals surface area contributed by atoms with Crippen molar-refractivity contribution in [2.45, 2.75) is 38.5 Å². The minimum atomic E-state index is -0.913. The number of fused-ring (bicyclic) bond motifs is 4. The van der Waals surface area contributed by atoms with E-state index in [1.54, 1.807) is 17.0 Å². The maximum atomic E-state index is 13.8. The Labute approximate surface area is 174 Å². The largest absolute Gasteiger partial charge is 0.467 e. The standard InChI is InChI=1S/C24H22N2O4/c1-3-16-10-12-17(13-11-16)26-23(28)25(22(27)21-9-6-14-29-21)19-15-24(26,2)30-20-8-5-4-7-18(19)20/h4-14,19H,3,15H2,1-2H3. The molecule has 0 N–H and O–H groups in total. The minimum Gasteiger partial charge on any atom is -0.467 e. The Morgan fingerprint density at radius 1 is 1.10 bits per heavy atom. The highest BCUT2D eigenvalue weighted by Gasteiger charge is 2.55. The number of hydrogen-bond acceptors (Lipinski definition) is 4. The van der Waals surface area contributed by atoms with E-state index in [0.29, 0.717) is 17.9 Å². The number of imide groups is 1. The molecule has 5 rings (SSSR count). The molecule has 0 spiro atoms. The SMILES string of the molecule is CCc1ccc(N2C(=O)N(C(=O)c3ccco3)C3CC2(C)Oc2ccccc23)cc1. The van der Waals surface area contributed by atoms with Crippen molar-refractivity contribution in [1.29, 1.82) is 0 Å². The first-order valence-electron chi connectivity index (χ1n) is 10.1. The summed E-state index contributed by atoms with van der Waals surface area (Å²) in [5.41, 5.74) is 1.77. The molecule has 1 fully saturated rings. The number of para-hydroxylation sites is 1. The smallest absolute Gasteiger partial charge is 0.335 e. The van der Waals surface area contributed by atoms with Crippen LogP contribution in [0, 0.1) is 0 Å². The summed E-state index contributed by atoms with van der Waals surface area (Å²) in [4.78, 5) is 29.9. The predicted molar refractivity (Wildman–Crippen MR) is 111 cm³/mol. The molecule has 0 saturated carbocycles. The lowest BCUT2D eigenvalue weighted by Gasteiger charge is -2.53. The van der Waals surface area contributed by atoms with Crippen molar-refractivity contribution in [2.24, 2.45) is 0 Å². The molecule has 3 heterocycles. The molecular formula is C24H22N2O4. The summed E-state index contributed by atoms with van der Waals surface area (Å²) in [7, 11) is 0. The average molecular weight is 402 g/mol. The number of furan rings is 1. The van der Waals surface area contributed by atoms with E-state index in [4.69, 9.17) is 9.15 Å². The molecule has 2 aromatic carbocycles. The van der Waals surface area contributed by atoms with Crippen molar-refractivity contribution in [1.82, 2.24) is 4.90 Å². The lowest BCUT2D eigenvalue weighted by Crippen LogP contribution is -2.67. The Morgan fingerprint density at radius 3 is 2.57 bits per heavy atom. The van der Waals surface area contributed by atoms with Crippen molar-refractivity contribution < 1.29 is 18.7 Å². The van der Waals surface area contributed by atoms with Gasteiger partial charge in [-0.1, -0.05) is 37.3 Å². The van der Waals surface area contributed by atoms with Gasteiger partial charge in [-0.15, -0.1) is 0 Å². The molecule has 1 aromatic heterocycles. The number of hydrogen-bond donors (Lipinski definition) is 0. The van der Waals surface area contributed by atoms with Crippen LogP contribution >= 0.6 is 0 Å². The fourth-order valence-corrected chi connectivity index (χ4v) is 4.42. The number of urea groups is 1. The second-order valence-corrected chi connectivity index (χ2v) is 7.83. The zero-order valence-electron chi connectivity index (χ0n) is 16.9. The van der Waals surface area contributed by atoms with E-state index in [1.165, 1.54) is 16.7 Å². The molecule has 2 bridgehead atoms. The molecule has 2 aliphatic rings. The van der Waals surface area contributed by atoms with Crippen LogP contribution in [0.5, 0.6) is 5.75 Å². The second kappa shape index (κ2) is 6.76. The third-order valence-corrected chi connectivity index (χ3v) is 5.92. The van der Waals surface area contributed by atoms with E-state index >= 15 is 0 Å². The van der Waals surface area contributed by atoms with E-state index in [2.05, 4.69) is 6.92 Å². The van der Waals surface area contributed by atoms with Gasteiger partial charge in [-0.25, -0.2) is 9.69 Å². The zero-order valence-corrected chi connectivity index (χ0v) is 16.9. The molecule has 2 unspecified atom stereocenters. The van der Waals surface area contributed by atoms with Gasteiger partial charge in [0.05, 0.1) is 12.3 Å². The fourth-order valence-electron chi connectivity index (χ4n) is 4.42. The minimum absolute atomic E-state index is 0.136. The van der Waals surface area contributed by atoms with Crippen molar-refractivity contribution in [2.75, 3.05) is 4.90 Å². The van der Waals surface area contributed by atoms with Gasteiger partial charge in [0.2, 0.25) is 0 Å². The van der Waals surface area contributed by atoms with Crippen LogP contribution in [0.4, 0.5) is 10.5 Å². The first kappa shape index (κ1) is 18.5. The molecule has 1 saturated heterocycles. The average Bonchev–Trinajstić information content (AvgIpc) is 3.28. The van der Waals surface area contributed by atoms with Crippen LogP contribution in [-0.2, 0) is 6.42 Å². The summed E-state index contributed by atoms with van der Waals surface area (Å²) in [6.45, 7) is 3.98. The fraction of sp³-hybridized carbons (Fsp3) is 0.250. The van der Waals surface area contributed by atoms with E-state index in [9.17, 15) is 9.59 Å². The summed E-state index contributed by atoms with van der Waals surface area (Å²) >= 11 is 0. The summed E-state index contributed by atoms with van der Waals surface area (Å²) in [6.07, 6.45) is 2.79. The number of anilines is 1. The number of benzene rings is 2. The molecule has 6 heteroatoms. The Kier molecular flexibility index (Phi) is 4.17. The quantitative estimate of drug-likeness (QED) is 0.607. The molecule has 2 aliphatic heterocycles. The van der Waals surface area contributed by atoms with Crippen LogP contribution in [0.2, 0.25) is 0 Å². The van der Waals surface area contributed by atoms with E-state index in [0.717, 1.165) is 12.0 Å². The monoisotopic (exact) mass is 402 g/mol. The van der Waals surface area contributed by atoms with Crippen LogP contribution in [0.25, 0.3) is 0 Å². The molecule has 152 valence electrons. The van der Waals surface area contributed by atoms with Gasteiger partial charge in [-0.3, -0.25) is 9.69 Å². The first-order chi connectivity index (χ1) is 14.5. The number of amides is 3. The zero-order chi connectivity index (χ0) is 20.9. The van der Waals surface area contributed by atoms with E-state index in [1.807, 2.05) is 55.5 Å². The highest BCUT2D eigenvalue weighted by molar-refractivity contribution is 6.09. The number of aryl methyl sites for hydroxylation is 1. The van der Waals surface area contributed by atoms with Gasteiger partial charge in [-0.2, -0.15) is 0 Å². The lowest BCUT2D eigenvalue weighted by atomic mass is 9.88. The van der Waals surface area contributed by atoms with Crippen molar-refractivity contribution in [3.8, 4) is 5.75 Å². The summed E-state index contributed by atoms with van der Waals surface area (Å²) < 4.78 is 11.7. The molecule has 6 nitrogen and oxygen atoms in total. The summed E-state index contributed by atoms with van der Waals surface area (Å²) in [5.74, 6) is 0.359. The highest BCUT2D eigenvalue weighted by atomic mass is 16.5. The van der Waals surface area contributed by atoms with E-state index < -0.39 is 23.7 Å². The van der Waals surface area contributed by atoms with Crippen LogP contribution < -0.4 is 9.64 Å². The van der Waals surface area contributed by atoms with Gasteiger partial charge >= 0.3 is 6.03 Å². The number of carbonyl (C=O) groups excluding carboxylic acids is 2. The third-order valence-electron chi connectivity index (χ3n) is 5.92. The van der Waals surface area contributed by atoms with Crippen molar-refractivity contribution in [3.05, 3.63) is 83.8 Å². The first-order valence-corrected chi connectivity index (χ1v) is 10.1. The molecule has 3 aromatic rings. The van der Waals surface area contributed by atoms with E-state index in [-0.39, 0.29) is 5.76 Å². The summed E-state index contributed by atoms with van der Waals surface area (Å²) in [6, 6.07) is 17.7. The number of nitrogens with zero attached hydrogens (tertiary/aromatic N) is 2. The maximum Gasteiger partial charge on any atom is 0.335 e. The van der Waals surface area contributed by atoms with Gasteiger partial charge in [0.1, 0.15) is 5.75 Å². The highest BCUT2D eigenvalue weighted by Crippen LogP contribution is 2.49. The maximum absolute atomic E-state index is 13.8. The molecule has 3 amide bonds. The molecule has 0 aliphatic carbocycles. The van der Waals surface area contributed by atoms with Gasteiger partial charge in [0.15, 0.2) is 11.5 Å². The number of ether oxygens (including phenoxy) is 1. The third kappa shape index (κ3) is 2.71. The molecule has 30 heavy (non-hydrogen) atoms. The van der Waals surface area contributed by atoms with Gasteiger partial charge in [0, 0.05) is 17.7 Å². The van der Waals surface area contributed by atoms with Crippen LogP contribution in [-0.4, -0.2) is 22.6 Å². The molecule has 0 radical (unpaired) electrons. The van der Waals surface area contributed by atoms with Crippen LogP contribution in [0.15, 0.2) is 71.3 Å². The number of carbonyl (C=O) groups is 2. The van der Waals surface area contributed by atoms with Gasteiger partial charge in [0.25, 0.3) is 5.91 Å². The second-order valence-electron chi connectivity index (χ2n) is 7.83. The lowest BCUT2D eigenvalue weighted by molar-refractivity contribution is 0.00174. The summed E-state index contributed by atoms with van der Waals surface area (Å²) in [5, 5.41) is 0. The number of rotatable bonds is 3. The predicted octanol–water partition coefficient (Wildman–Crippen LogP) is 5.16. The van der Waals surface area contributed by atoms with Gasteiger partial charge < -0.3 is 9.15 Å². The van der Waals surface area contributed by atoms with Crippen LogP contribution in [0.1, 0.15) is 48.0 Å². The Morgan fingerprint density at radius 2 is 1.87 bits per heavy atom. The Balaban J connectivity index is 1.66. The van der Waals surface area contributed by atoms with Crippen molar-refractivity contribution >= 4 is 17.6 Å². The molecular weight excluding hydrogens is 380 g/mol. The topological polar surface area (TPSA) is 63.0 Å². The Bertz CT molecular complexity index is 1110. The molecule has 2 atom stereocenters.